The molecule has 7 nitrogen and oxygen atoms in total. The zero-order chi connectivity index (χ0) is 17.5. The summed E-state index contributed by atoms with van der Waals surface area (Å²) in [6, 6.07) is 8.80. The number of hydrogen-bond donors (Lipinski definition) is 0. The zero-order valence-electron chi connectivity index (χ0n) is 13.6. The van der Waals surface area contributed by atoms with Gasteiger partial charge in [0.1, 0.15) is 0 Å². The van der Waals surface area contributed by atoms with Gasteiger partial charge in [-0.05, 0) is 18.2 Å². The number of nitriles is 1. The molecule has 0 bridgehead atoms. The Labute approximate surface area is 141 Å². The molecule has 1 heterocycles. The Morgan fingerprint density at radius 1 is 1.29 bits per heavy atom. The van der Waals surface area contributed by atoms with Crippen molar-refractivity contribution in [2.75, 3.05) is 37.6 Å². The van der Waals surface area contributed by atoms with Gasteiger partial charge in [0.25, 0.3) is 0 Å². The predicted molar refractivity (Wildman–Crippen MR) is 88.0 cm³/mol. The molecule has 126 valence electrons. The van der Waals surface area contributed by atoms with Crippen LogP contribution >= 0.6 is 0 Å². The monoisotopic (exact) mass is 328 g/mol. The minimum absolute atomic E-state index is 0.0387. The second kappa shape index (κ2) is 8.11. The molecule has 7 heteroatoms. The molecule has 1 fully saturated rings. The number of carbonyl (C=O) groups excluding carboxylic acids is 3. The first-order valence-electron chi connectivity index (χ1n) is 7.80. The Morgan fingerprint density at radius 3 is 2.58 bits per heavy atom. The number of amides is 3. The van der Waals surface area contributed by atoms with Crippen LogP contribution < -0.4 is 4.90 Å². The Balaban J connectivity index is 1.96. The molecule has 1 aromatic rings. The third-order valence-electron chi connectivity index (χ3n) is 4.03. The highest BCUT2D eigenvalue weighted by atomic mass is 16.2. The second-order valence-electron chi connectivity index (χ2n) is 5.60. The highest BCUT2D eigenvalue weighted by molar-refractivity contribution is 5.92. The van der Waals surface area contributed by atoms with Crippen LogP contribution in [-0.4, -0.2) is 60.7 Å². The van der Waals surface area contributed by atoms with Crippen molar-refractivity contribution in [2.45, 2.75) is 13.3 Å². The number of benzene rings is 1. The van der Waals surface area contributed by atoms with Gasteiger partial charge < -0.3 is 14.7 Å². The molecule has 1 aliphatic heterocycles. The molecule has 3 amide bonds. The maximum absolute atomic E-state index is 12.3. The van der Waals surface area contributed by atoms with Crippen LogP contribution in [0.15, 0.2) is 24.3 Å². The van der Waals surface area contributed by atoms with Crippen molar-refractivity contribution >= 4 is 23.9 Å². The highest BCUT2D eigenvalue weighted by Gasteiger charge is 2.21. The Bertz CT molecular complexity index is 660. The van der Waals surface area contributed by atoms with Crippen molar-refractivity contribution in [3.05, 3.63) is 29.8 Å². The summed E-state index contributed by atoms with van der Waals surface area (Å²) in [7, 11) is 0. The van der Waals surface area contributed by atoms with Gasteiger partial charge in [-0.15, -0.1) is 0 Å². The summed E-state index contributed by atoms with van der Waals surface area (Å²) < 4.78 is 0. The standard InChI is InChI=1S/C17H20N4O3/c1-14(23)21(16-4-2-3-15(11-16)12-18)6-5-17(24)20-9-7-19(13-22)8-10-20/h2-4,11,13H,5-10H2,1H3. The van der Waals surface area contributed by atoms with E-state index >= 15 is 0 Å². The van der Waals surface area contributed by atoms with Gasteiger partial charge in [0.15, 0.2) is 0 Å². The van der Waals surface area contributed by atoms with E-state index in [9.17, 15) is 14.4 Å². The molecule has 0 spiro atoms. The first-order chi connectivity index (χ1) is 11.5. The van der Waals surface area contributed by atoms with Crippen LogP contribution in [0, 0.1) is 11.3 Å². The molecule has 1 aromatic carbocycles. The van der Waals surface area contributed by atoms with Gasteiger partial charge in [-0.1, -0.05) is 6.07 Å². The molecule has 0 radical (unpaired) electrons. The first-order valence-corrected chi connectivity index (χ1v) is 7.80. The van der Waals surface area contributed by atoms with Crippen molar-refractivity contribution in [1.29, 1.82) is 5.26 Å². The maximum Gasteiger partial charge on any atom is 0.224 e. The van der Waals surface area contributed by atoms with Crippen molar-refractivity contribution in [3.63, 3.8) is 0 Å². The molecule has 1 saturated heterocycles. The van der Waals surface area contributed by atoms with Crippen LogP contribution in [0.25, 0.3) is 0 Å². The van der Waals surface area contributed by atoms with E-state index in [4.69, 9.17) is 5.26 Å². The normalized spacial score (nSPS) is 14.0. The number of hydrogen-bond acceptors (Lipinski definition) is 4. The molecular weight excluding hydrogens is 308 g/mol. The van der Waals surface area contributed by atoms with E-state index in [0.717, 1.165) is 6.41 Å². The number of carbonyl (C=O) groups is 3. The lowest BCUT2D eigenvalue weighted by Crippen LogP contribution is -2.48. The van der Waals surface area contributed by atoms with Crippen molar-refractivity contribution in [3.8, 4) is 6.07 Å². The van der Waals surface area contributed by atoms with E-state index in [-0.39, 0.29) is 24.8 Å². The first kappa shape index (κ1) is 17.5. The summed E-state index contributed by atoms with van der Waals surface area (Å²) in [5.74, 6) is -0.216. The van der Waals surface area contributed by atoms with Gasteiger partial charge in [-0.3, -0.25) is 14.4 Å². The molecule has 1 aliphatic rings. The van der Waals surface area contributed by atoms with E-state index in [0.29, 0.717) is 37.4 Å². The van der Waals surface area contributed by atoms with Crippen molar-refractivity contribution in [2.24, 2.45) is 0 Å². The SMILES string of the molecule is CC(=O)N(CCC(=O)N1CCN(C=O)CC1)c1cccc(C#N)c1. The summed E-state index contributed by atoms with van der Waals surface area (Å²) in [6.45, 7) is 3.80. The smallest absolute Gasteiger partial charge is 0.224 e. The Hall–Kier alpha value is -2.88. The van der Waals surface area contributed by atoms with E-state index in [1.807, 2.05) is 6.07 Å². The van der Waals surface area contributed by atoms with Gasteiger partial charge in [0.05, 0.1) is 11.6 Å². The molecule has 0 aliphatic carbocycles. The Morgan fingerprint density at radius 2 is 2.00 bits per heavy atom. The molecule has 0 aromatic heterocycles. The lowest BCUT2D eigenvalue weighted by Gasteiger charge is -2.33. The fourth-order valence-electron chi connectivity index (χ4n) is 2.65. The summed E-state index contributed by atoms with van der Waals surface area (Å²) in [4.78, 5) is 39.7. The number of piperazine rings is 1. The van der Waals surface area contributed by atoms with Crippen LogP contribution in [0.5, 0.6) is 0 Å². The van der Waals surface area contributed by atoms with Crippen molar-refractivity contribution in [1.82, 2.24) is 9.80 Å². The van der Waals surface area contributed by atoms with Crippen LogP contribution in [0.4, 0.5) is 5.69 Å². The van der Waals surface area contributed by atoms with Gasteiger partial charge in [0.2, 0.25) is 18.2 Å². The fraction of sp³-hybridized carbons (Fsp3) is 0.412. The molecular formula is C17H20N4O3. The minimum atomic E-state index is -0.177. The topological polar surface area (TPSA) is 84.7 Å². The highest BCUT2D eigenvalue weighted by Crippen LogP contribution is 2.17. The van der Waals surface area contributed by atoms with Gasteiger partial charge in [0, 0.05) is 51.8 Å². The second-order valence-corrected chi connectivity index (χ2v) is 5.60. The number of nitrogens with zero attached hydrogens (tertiary/aromatic N) is 4. The molecule has 0 N–H and O–H groups in total. The van der Waals surface area contributed by atoms with E-state index in [1.54, 1.807) is 34.1 Å². The van der Waals surface area contributed by atoms with Crippen molar-refractivity contribution < 1.29 is 14.4 Å². The summed E-state index contributed by atoms with van der Waals surface area (Å²) in [5, 5.41) is 8.97. The quantitative estimate of drug-likeness (QED) is 0.741. The average molecular weight is 328 g/mol. The van der Waals surface area contributed by atoms with Crippen LogP contribution in [0.3, 0.4) is 0 Å². The summed E-state index contributed by atoms with van der Waals surface area (Å²) in [5.41, 5.74) is 1.08. The van der Waals surface area contributed by atoms with Gasteiger partial charge >= 0.3 is 0 Å². The fourth-order valence-corrected chi connectivity index (χ4v) is 2.65. The molecule has 0 atom stereocenters. The number of anilines is 1. The van der Waals surface area contributed by atoms with Gasteiger partial charge in [-0.2, -0.15) is 5.26 Å². The third-order valence-corrected chi connectivity index (χ3v) is 4.03. The van der Waals surface area contributed by atoms with E-state index in [2.05, 4.69) is 0 Å². The maximum atomic E-state index is 12.3. The summed E-state index contributed by atoms with van der Waals surface area (Å²) in [6.07, 6.45) is 0.999. The number of rotatable bonds is 5. The van der Waals surface area contributed by atoms with Crippen LogP contribution in [0.2, 0.25) is 0 Å². The molecule has 2 rings (SSSR count). The zero-order valence-corrected chi connectivity index (χ0v) is 13.6. The Kier molecular flexibility index (Phi) is 5.90. The van der Waals surface area contributed by atoms with Crippen LogP contribution in [-0.2, 0) is 14.4 Å². The lowest BCUT2D eigenvalue weighted by atomic mass is 10.2. The molecule has 24 heavy (non-hydrogen) atoms. The molecule has 0 saturated carbocycles. The summed E-state index contributed by atoms with van der Waals surface area (Å²) >= 11 is 0. The average Bonchev–Trinajstić information content (AvgIpc) is 2.61. The predicted octanol–water partition coefficient (Wildman–Crippen LogP) is 0.602. The third kappa shape index (κ3) is 4.32. The largest absolute Gasteiger partial charge is 0.342 e. The lowest BCUT2D eigenvalue weighted by molar-refractivity contribution is -0.135. The minimum Gasteiger partial charge on any atom is -0.342 e. The van der Waals surface area contributed by atoms with E-state index in [1.165, 1.54) is 11.8 Å². The van der Waals surface area contributed by atoms with E-state index < -0.39 is 0 Å². The van der Waals surface area contributed by atoms with Crippen LogP contribution in [0.1, 0.15) is 18.9 Å². The van der Waals surface area contributed by atoms with Gasteiger partial charge in [-0.25, -0.2) is 0 Å². The molecule has 0 unspecified atom stereocenters.